The van der Waals surface area contributed by atoms with Crippen molar-refractivity contribution in [1.82, 2.24) is 9.97 Å². The molecule has 0 amide bonds. The van der Waals surface area contributed by atoms with Crippen LogP contribution in [0.15, 0.2) is 30.3 Å². The fourth-order valence-corrected chi connectivity index (χ4v) is 1.93. The first kappa shape index (κ1) is 13.5. The number of aromatic nitrogens is 2. The predicted molar refractivity (Wildman–Crippen MR) is 76.1 cm³/mol. The van der Waals surface area contributed by atoms with Crippen LogP contribution in [0.5, 0.6) is 0 Å². The van der Waals surface area contributed by atoms with Gasteiger partial charge < -0.3 is 10.4 Å². The molecule has 0 spiro atoms. The van der Waals surface area contributed by atoms with E-state index in [4.69, 9.17) is 5.11 Å². The number of hydrogen-bond donors (Lipinski definition) is 2. The highest BCUT2D eigenvalue weighted by molar-refractivity contribution is 5.29. The SMILES string of the molecule is Cc1cc(C)nc(NCCc2ccc(CO)cc2)n1. The number of hydrogen-bond acceptors (Lipinski definition) is 4. The Labute approximate surface area is 113 Å². The maximum absolute atomic E-state index is 8.98. The molecule has 0 aliphatic heterocycles. The molecular weight excluding hydrogens is 238 g/mol. The number of aliphatic hydroxyl groups excluding tert-OH is 1. The average molecular weight is 257 g/mol. The van der Waals surface area contributed by atoms with Gasteiger partial charge in [-0.2, -0.15) is 0 Å². The Balaban J connectivity index is 1.88. The fourth-order valence-electron chi connectivity index (χ4n) is 1.93. The highest BCUT2D eigenvalue weighted by Crippen LogP contribution is 2.07. The molecular formula is C15H19N3O. The molecule has 1 aromatic carbocycles. The minimum atomic E-state index is 0.0922. The van der Waals surface area contributed by atoms with Gasteiger partial charge in [0, 0.05) is 17.9 Å². The van der Waals surface area contributed by atoms with Crippen molar-refractivity contribution in [2.24, 2.45) is 0 Å². The molecule has 4 heteroatoms. The molecule has 0 atom stereocenters. The third-order valence-corrected chi connectivity index (χ3v) is 2.88. The topological polar surface area (TPSA) is 58.0 Å². The van der Waals surface area contributed by atoms with Gasteiger partial charge in [0.05, 0.1) is 6.61 Å². The van der Waals surface area contributed by atoms with Crippen molar-refractivity contribution in [2.45, 2.75) is 26.9 Å². The number of benzene rings is 1. The van der Waals surface area contributed by atoms with Crippen LogP contribution in [0.25, 0.3) is 0 Å². The van der Waals surface area contributed by atoms with E-state index >= 15 is 0 Å². The normalized spacial score (nSPS) is 10.5. The number of aliphatic hydroxyl groups is 1. The lowest BCUT2D eigenvalue weighted by Crippen LogP contribution is -2.09. The Morgan fingerprint density at radius 2 is 1.58 bits per heavy atom. The maximum Gasteiger partial charge on any atom is 0.223 e. The van der Waals surface area contributed by atoms with Crippen molar-refractivity contribution in [3.63, 3.8) is 0 Å². The lowest BCUT2D eigenvalue weighted by molar-refractivity contribution is 0.282. The molecule has 100 valence electrons. The molecule has 2 aromatic rings. The van der Waals surface area contributed by atoms with Crippen LogP contribution in [0.3, 0.4) is 0 Å². The molecule has 0 aliphatic carbocycles. The quantitative estimate of drug-likeness (QED) is 0.862. The van der Waals surface area contributed by atoms with Crippen LogP contribution in [0.1, 0.15) is 22.5 Å². The van der Waals surface area contributed by atoms with Crippen LogP contribution in [-0.4, -0.2) is 21.6 Å². The lowest BCUT2D eigenvalue weighted by Gasteiger charge is -2.07. The summed E-state index contributed by atoms with van der Waals surface area (Å²) in [7, 11) is 0. The molecule has 0 aliphatic rings. The zero-order chi connectivity index (χ0) is 13.7. The molecule has 0 saturated carbocycles. The first-order chi connectivity index (χ1) is 9.17. The zero-order valence-electron chi connectivity index (χ0n) is 11.3. The van der Waals surface area contributed by atoms with E-state index in [1.807, 2.05) is 44.2 Å². The van der Waals surface area contributed by atoms with E-state index in [-0.39, 0.29) is 6.61 Å². The summed E-state index contributed by atoms with van der Waals surface area (Å²) in [6.45, 7) is 4.82. The van der Waals surface area contributed by atoms with Gasteiger partial charge in [0.15, 0.2) is 0 Å². The van der Waals surface area contributed by atoms with Crippen molar-refractivity contribution in [3.8, 4) is 0 Å². The summed E-state index contributed by atoms with van der Waals surface area (Å²) in [4.78, 5) is 8.67. The number of aryl methyl sites for hydroxylation is 2. The summed E-state index contributed by atoms with van der Waals surface area (Å²) in [5.41, 5.74) is 4.12. The van der Waals surface area contributed by atoms with E-state index < -0.39 is 0 Å². The summed E-state index contributed by atoms with van der Waals surface area (Å²) in [5, 5.41) is 12.2. The first-order valence-electron chi connectivity index (χ1n) is 6.42. The van der Waals surface area contributed by atoms with E-state index in [0.29, 0.717) is 5.95 Å². The van der Waals surface area contributed by atoms with Gasteiger partial charge in [0.25, 0.3) is 0 Å². The maximum atomic E-state index is 8.98. The summed E-state index contributed by atoms with van der Waals surface area (Å²) in [6, 6.07) is 9.93. The summed E-state index contributed by atoms with van der Waals surface area (Å²) < 4.78 is 0. The first-order valence-corrected chi connectivity index (χ1v) is 6.42. The minimum absolute atomic E-state index is 0.0922. The Kier molecular flexibility index (Phi) is 4.47. The van der Waals surface area contributed by atoms with Crippen molar-refractivity contribution in [1.29, 1.82) is 0 Å². The molecule has 1 heterocycles. The highest BCUT2D eigenvalue weighted by atomic mass is 16.3. The van der Waals surface area contributed by atoms with Crippen molar-refractivity contribution in [2.75, 3.05) is 11.9 Å². The smallest absolute Gasteiger partial charge is 0.223 e. The summed E-state index contributed by atoms with van der Waals surface area (Å²) >= 11 is 0. The second-order valence-electron chi connectivity index (χ2n) is 4.63. The molecule has 19 heavy (non-hydrogen) atoms. The van der Waals surface area contributed by atoms with Gasteiger partial charge in [-0.25, -0.2) is 9.97 Å². The van der Waals surface area contributed by atoms with Gasteiger partial charge in [-0.05, 0) is 37.5 Å². The fraction of sp³-hybridized carbons (Fsp3) is 0.333. The van der Waals surface area contributed by atoms with Crippen LogP contribution in [-0.2, 0) is 13.0 Å². The molecule has 0 bridgehead atoms. The number of anilines is 1. The van der Waals surface area contributed by atoms with E-state index in [0.717, 1.165) is 29.9 Å². The largest absolute Gasteiger partial charge is 0.392 e. The molecule has 0 radical (unpaired) electrons. The zero-order valence-corrected chi connectivity index (χ0v) is 11.3. The van der Waals surface area contributed by atoms with Crippen molar-refractivity contribution < 1.29 is 5.11 Å². The van der Waals surface area contributed by atoms with E-state index in [1.165, 1.54) is 5.56 Å². The van der Waals surface area contributed by atoms with Gasteiger partial charge in [-0.1, -0.05) is 24.3 Å². The second-order valence-corrected chi connectivity index (χ2v) is 4.63. The second kappa shape index (κ2) is 6.29. The predicted octanol–water partition coefficient (Wildman–Crippen LogP) is 2.24. The van der Waals surface area contributed by atoms with Gasteiger partial charge in [-0.15, -0.1) is 0 Å². The third kappa shape index (κ3) is 4.03. The molecule has 4 nitrogen and oxygen atoms in total. The number of nitrogens with zero attached hydrogens (tertiary/aromatic N) is 2. The van der Waals surface area contributed by atoms with Crippen LogP contribution >= 0.6 is 0 Å². The van der Waals surface area contributed by atoms with Gasteiger partial charge in [0.2, 0.25) is 5.95 Å². The summed E-state index contributed by atoms with van der Waals surface area (Å²) in [6.07, 6.45) is 0.905. The van der Waals surface area contributed by atoms with Gasteiger partial charge in [0.1, 0.15) is 0 Å². The Bertz CT molecular complexity index is 517. The molecule has 0 unspecified atom stereocenters. The molecule has 2 rings (SSSR count). The van der Waals surface area contributed by atoms with Crippen LogP contribution in [0.4, 0.5) is 5.95 Å². The van der Waals surface area contributed by atoms with E-state index in [1.54, 1.807) is 0 Å². The summed E-state index contributed by atoms with van der Waals surface area (Å²) in [5.74, 6) is 0.685. The standard InChI is InChI=1S/C15H19N3O/c1-11-9-12(2)18-15(17-11)16-8-7-13-3-5-14(10-19)6-4-13/h3-6,9,19H,7-8,10H2,1-2H3,(H,16,17,18). The Hall–Kier alpha value is -1.94. The Morgan fingerprint density at radius 3 is 2.16 bits per heavy atom. The number of rotatable bonds is 5. The van der Waals surface area contributed by atoms with E-state index in [9.17, 15) is 0 Å². The number of nitrogens with one attached hydrogen (secondary N) is 1. The van der Waals surface area contributed by atoms with Gasteiger partial charge in [-0.3, -0.25) is 0 Å². The van der Waals surface area contributed by atoms with Crippen molar-refractivity contribution in [3.05, 3.63) is 52.8 Å². The average Bonchev–Trinajstić information content (AvgIpc) is 2.38. The van der Waals surface area contributed by atoms with Crippen LogP contribution in [0, 0.1) is 13.8 Å². The monoisotopic (exact) mass is 257 g/mol. The van der Waals surface area contributed by atoms with Gasteiger partial charge >= 0.3 is 0 Å². The third-order valence-electron chi connectivity index (χ3n) is 2.88. The lowest BCUT2D eigenvalue weighted by atomic mass is 10.1. The van der Waals surface area contributed by atoms with Crippen LogP contribution < -0.4 is 5.32 Å². The highest BCUT2D eigenvalue weighted by Gasteiger charge is 1.99. The Morgan fingerprint density at radius 1 is 1.00 bits per heavy atom. The minimum Gasteiger partial charge on any atom is -0.392 e. The molecule has 2 N–H and O–H groups in total. The molecule has 1 aromatic heterocycles. The van der Waals surface area contributed by atoms with Crippen LogP contribution in [0.2, 0.25) is 0 Å². The molecule has 0 saturated heterocycles. The van der Waals surface area contributed by atoms with E-state index in [2.05, 4.69) is 15.3 Å². The van der Waals surface area contributed by atoms with Crippen molar-refractivity contribution >= 4 is 5.95 Å². The molecule has 0 fully saturated rings.